The van der Waals surface area contributed by atoms with Crippen molar-refractivity contribution >= 4 is 17.5 Å². The Morgan fingerprint density at radius 2 is 1.71 bits per heavy atom. The summed E-state index contributed by atoms with van der Waals surface area (Å²) >= 11 is 0. The molecule has 6 nitrogen and oxygen atoms in total. The molecule has 1 aromatic heterocycles. The number of nitrogens with zero attached hydrogens (tertiary/aromatic N) is 4. The summed E-state index contributed by atoms with van der Waals surface area (Å²) in [6, 6.07) is 9.66. The van der Waals surface area contributed by atoms with Gasteiger partial charge in [0.1, 0.15) is 5.69 Å². The standard InChI is InChI=1S/C22H28N4O2/c1-2-25(17-11-5-3-6-12-17)22(28)20-23-19(18-13-7-10-16-26(18)20)21(27)24-14-8-4-9-15-24/h3,5-6,11-12H,2,4,7-10,13-16H2,1H3. The Balaban J connectivity index is 1.70. The van der Waals surface area contributed by atoms with Crippen LogP contribution in [0.2, 0.25) is 0 Å². The molecule has 0 atom stereocenters. The van der Waals surface area contributed by atoms with Crippen molar-refractivity contribution in [3.8, 4) is 0 Å². The van der Waals surface area contributed by atoms with Gasteiger partial charge < -0.3 is 14.4 Å². The van der Waals surface area contributed by atoms with Gasteiger partial charge in [0, 0.05) is 31.9 Å². The van der Waals surface area contributed by atoms with E-state index in [1.54, 1.807) is 4.90 Å². The van der Waals surface area contributed by atoms with E-state index in [0.29, 0.717) is 18.1 Å². The van der Waals surface area contributed by atoms with E-state index in [0.717, 1.165) is 63.1 Å². The Hall–Kier alpha value is -2.63. The third-order valence-electron chi connectivity index (χ3n) is 5.78. The number of hydrogen-bond acceptors (Lipinski definition) is 3. The Morgan fingerprint density at radius 3 is 2.43 bits per heavy atom. The van der Waals surface area contributed by atoms with Crippen LogP contribution in [0.5, 0.6) is 0 Å². The van der Waals surface area contributed by atoms with E-state index >= 15 is 0 Å². The van der Waals surface area contributed by atoms with Crippen LogP contribution in [-0.4, -0.2) is 45.9 Å². The maximum absolute atomic E-state index is 13.4. The SMILES string of the molecule is CCN(C(=O)c1nc(C(=O)N2CCCCC2)c2n1CCCC2)c1ccccc1. The fraction of sp³-hybridized carbons (Fsp3) is 0.500. The Kier molecular flexibility index (Phi) is 5.46. The van der Waals surface area contributed by atoms with Gasteiger partial charge in [-0.2, -0.15) is 0 Å². The van der Waals surface area contributed by atoms with Crippen LogP contribution in [-0.2, 0) is 13.0 Å². The lowest BCUT2D eigenvalue weighted by Gasteiger charge is -2.26. The van der Waals surface area contributed by atoms with Crippen molar-refractivity contribution < 1.29 is 9.59 Å². The van der Waals surface area contributed by atoms with E-state index in [9.17, 15) is 9.59 Å². The first-order valence-corrected chi connectivity index (χ1v) is 10.5. The van der Waals surface area contributed by atoms with Crippen molar-refractivity contribution in [2.24, 2.45) is 0 Å². The molecule has 2 aromatic rings. The predicted octanol–water partition coefficient (Wildman–Crippen LogP) is 3.51. The van der Waals surface area contributed by atoms with Crippen molar-refractivity contribution in [2.75, 3.05) is 24.5 Å². The number of rotatable bonds is 4. The largest absolute Gasteiger partial charge is 0.337 e. The van der Waals surface area contributed by atoms with Crippen molar-refractivity contribution in [1.29, 1.82) is 0 Å². The number of anilines is 1. The Labute approximate surface area is 166 Å². The smallest absolute Gasteiger partial charge is 0.294 e. The molecule has 1 fully saturated rings. The van der Waals surface area contributed by atoms with Crippen LogP contribution < -0.4 is 4.90 Å². The summed E-state index contributed by atoms with van der Waals surface area (Å²) in [7, 11) is 0. The number of carbonyl (C=O) groups excluding carboxylic acids is 2. The van der Waals surface area contributed by atoms with Gasteiger partial charge in [0.05, 0.1) is 5.69 Å². The third-order valence-corrected chi connectivity index (χ3v) is 5.78. The van der Waals surface area contributed by atoms with Gasteiger partial charge in [-0.05, 0) is 57.6 Å². The molecule has 3 heterocycles. The normalized spacial score (nSPS) is 16.5. The molecular formula is C22H28N4O2. The van der Waals surface area contributed by atoms with Gasteiger partial charge in [-0.15, -0.1) is 0 Å². The fourth-order valence-electron chi connectivity index (χ4n) is 4.30. The van der Waals surface area contributed by atoms with Gasteiger partial charge >= 0.3 is 0 Å². The summed E-state index contributed by atoms with van der Waals surface area (Å²) < 4.78 is 1.99. The van der Waals surface area contributed by atoms with E-state index in [4.69, 9.17) is 0 Å². The lowest BCUT2D eigenvalue weighted by Crippen LogP contribution is -2.36. The molecule has 28 heavy (non-hydrogen) atoms. The minimum atomic E-state index is -0.130. The minimum Gasteiger partial charge on any atom is -0.337 e. The van der Waals surface area contributed by atoms with E-state index in [1.807, 2.05) is 46.7 Å². The first-order chi connectivity index (χ1) is 13.7. The number of amides is 2. The monoisotopic (exact) mass is 380 g/mol. The number of para-hydroxylation sites is 1. The van der Waals surface area contributed by atoms with Crippen LogP contribution >= 0.6 is 0 Å². The van der Waals surface area contributed by atoms with Gasteiger partial charge in [-0.25, -0.2) is 4.98 Å². The van der Waals surface area contributed by atoms with Gasteiger partial charge in [0.25, 0.3) is 11.8 Å². The molecule has 2 amide bonds. The molecule has 0 N–H and O–H groups in total. The summed E-state index contributed by atoms with van der Waals surface area (Å²) in [6.07, 6.45) is 6.13. The van der Waals surface area contributed by atoms with E-state index < -0.39 is 0 Å². The highest BCUT2D eigenvalue weighted by Gasteiger charge is 2.32. The topological polar surface area (TPSA) is 58.4 Å². The van der Waals surface area contributed by atoms with Crippen LogP contribution in [0.4, 0.5) is 5.69 Å². The molecular weight excluding hydrogens is 352 g/mol. The van der Waals surface area contributed by atoms with E-state index in [-0.39, 0.29) is 11.8 Å². The van der Waals surface area contributed by atoms with Crippen LogP contribution in [0.15, 0.2) is 30.3 Å². The lowest BCUT2D eigenvalue weighted by molar-refractivity contribution is 0.0717. The van der Waals surface area contributed by atoms with Gasteiger partial charge in [0.15, 0.2) is 0 Å². The highest BCUT2D eigenvalue weighted by molar-refractivity contribution is 6.05. The number of likely N-dealkylation sites (tertiary alicyclic amines) is 1. The highest BCUT2D eigenvalue weighted by Crippen LogP contribution is 2.25. The van der Waals surface area contributed by atoms with Gasteiger partial charge in [0.2, 0.25) is 5.82 Å². The summed E-state index contributed by atoms with van der Waals surface area (Å²) in [5.41, 5.74) is 2.29. The molecule has 0 radical (unpaired) electrons. The zero-order valence-electron chi connectivity index (χ0n) is 16.6. The molecule has 0 spiro atoms. The van der Waals surface area contributed by atoms with Gasteiger partial charge in [-0.1, -0.05) is 18.2 Å². The second-order valence-electron chi connectivity index (χ2n) is 7.58. The Bertz CT molecular complexity index is 853. The number of hydrogen-bond donors (Lipinski definition) is 0. The predicted molar refractivity (Wildman–Crippen MR) is 109 cm³/mol. The average molecular weight is 380 g/mol. The zero-order chi connectivity index (χ0) is 19.5. The highest BCUT2D eigenvalue weighted by atomic mass is 16.2. The van der Waals surface area contributed by atoms with E-state index in [1.165, 1.54) is 6.42 Å². The third kappa shape index (κ3) is 3.43. The molecule has 0 aliphatic carbocycles. The summed E-state index contributed by atoms with van der Waals surface area (Å²) in [5, 5.41) is 0. The van der Waals surface area contributed by atoms with Crippen molar-refractivity contribution in [3.63, 3.8) is 0 Å². The number of piperidine rings is 1. The molecule has 2 aliphatic heterocycles. The molecule has 0 bridgehead atoms. The van der Waals surface area contributed by atoms with Crippen LogP contribution in [0.1, 0.15) is 65.8 Å². The maximum Gasteiger partial charge on any atom is 0.294 e. The van der Waals surface area contributed by atoms with Crippen LogP contribution in [0.3, 0.4) is 0 Å². The zero-order valence-corrected chi connectivity index (χ0v) is 16.6. The number of imidazole rings is 1. The lowest BCUT2D eigenvalue weighted by atomic mass is 10.1. The molecule has 6 heteroatoms. The van der Waals surface area contributed by atoms with Crippen molar-refractivity contribution in [2.45, 2.75) is 52.0 Å². The molecule has 1 saturated heterocycles. The number of carbonyl (C=O) groups is 2. The van der Waals surface area contributed by atoms with Crippen LogP contribution in [0, 0.1) is 0 Å². The molecule has 1 aromatic carbocycles. The maximum atomic E-state index is 13.4. The van der Waals surface area contributed by atoms with E-state index in [2.05, 4.69) is 4.98 Å². The Morgan fingerprint density at radius 1 is 1.00 bits per heavy atom. The quantitative estimate of drug-likeness (QED) is 0.816. The fourth-order valence-corrected chi connectivity index (χ4v) is 4.30. The second-order valence-corrected chi connectivity index (χ2v) is 7.58. The summed E-state index contributed by atoms with van der Waals surface area (Å²) in [6.45, 7) is 4.85. The second kappa shape index (κ2) is 8.17. The molecule has 4 rings (SSSR count). The van der Waals surface area contributed by atoms with Crippen LogP contribution in [0.25, 0.3) is 0 Å². The first kappa shape index (κ1) is 18.7. The summed E-state index contributed by atoms with van der Waals surface area (Å²) in [5.74, 6) is 0.266. The molecule has 0 saturated carbocycles. The number of aromatic nitrogens is 2. The minimum absolute atomic E-state index is 0.00726. The molecule has 0 unspecified atom stereocenters. The van der Waals surface area contributed by atoms with Gasteiger partial charge in [-0.3, -0.25) is 9.59 Å². The molecule has 2 aliphatic rings. The van der Waals surface area contributed by atoms with Crippen molar-refractivity contribution in [3.05, 3.63) is 47.5 Å². The number of benzene rings is 1. The first-order valence-electron chi connectivity index (χ1n) is 10.5. The average Bonchev–Trinajstić information content (AvgIpc) is 3.15. The molecule has 148 valence electrons. The number of fused-ring (bicyclic) bond motifs is 1. The summed E-state index contributed by atoms with van der Waals surface area (Å²) in [4.78, 5) is 34.8. The van der Waals surface area contributed by atoms with Crippen molar-refractivity contribution in [1.82, 2.24) is 14.5 Å².